The Bertz CT molecular complexity index is 683. The highest BCUT2D eigenvalue weighted by Crippen LogP contribution is 2.30. The van der Waals surface area contributed by atoms with Gasteiger partial charge in [0.15, 0.2) is 5.88 Å². The van der Waals surface area contributed by atoms with Crippen LogP contribution in [0.1, 0.15) is 11.1 Å². The molecule has 0 amide bonds. The zero-order valence-corrected chi connectivity index (χ0v) is 10.3. The fourth-order valence-electron chi connectivity index (χ4n) is 2.39. The number of aromatic hydroxyl groups is 1. The van der Waals surface area contributed by atoms with Crippen molar-refractivity contribution >= 4 is 10.9 Å². The third kappa shape index (κ3) is 1.66. The maximum absolute atomic E-state index is 10.2. The van der Waals surface area contributed by atoms with E-state index in [1.54, 1.807) is 0 Å². The molecule has 0 aliphatic heterocycles. The minimum Gasteiger partial charge on any atom is -0.494 e. The molecular weight excluding hydrogens is 222 g/mol. The molecule has 1 N–H and O–H groups in total. The topological polar surface area (TPSA) is 25.2 Å². The first kappa shape index (κ1) is 10.9. The average molecular weight is 237 g/mol. The van der Waals surface area contributed by atoms with Crippen LogP contribution < -0.4 is 0 Å². The summed E-state index contributed by atoms with van der Waals surface area (Å²) in [5.41, 5.74) is 3.21. The quantitative estimate of drug-likeness (QED) is 0.722. The van der Waals surface area contributed by atoms with E-state index in [9.17, 15) is 5.11 Å². The van der Waals surface area contributed by atoms with E-state index in [0.717, 1.165) is 16.5 Å². The molecular formula is C16H15NO. The molecule has 0 aliphatic carbocycles. The first-order valence-corrected chi connectivity index (χ1v) is 6.08. The molecule has 3 rings (SSSR count). The van der Waals surface area contributed by atoms with Gasteiger partial charge >= 0.3 is 0 Å². The Labute approximate surface area is 106 Å². The van der Waals surface area contributed by atoms with E-state index in [2.05, 4.69) is 12.1 Å². The molecule has 0 spiro atoms. The Balaban J connectivity index is 2.15. The van der Waals surface area contributed by atoms with Crippen molar-refractivity contribution in [2.24, 2.45) is 0 Å². The lowest BCUT2D eigenvalue weighted by Crippen LogP contribution is -1.98. The van der Waals surface area contributed by atoms with E-state index in [-0.39, 0.29) is 0 Å². The first-order valence-electron chi connectivity index (χ1n) is 6.08. The van der Waals surface area contributed by atoms with Crippen molar-refractivity contribution < 1.29 is 5.11 Å². The molecule has 1 heterocycles. The normalized spacial score (nSPS) is 10.9. The van der Waals surface area contributed by atoms with Crippen LogP contribution in [0.15, 0.2) is 54.6 Å². The number of rotatable bonds is 2. The summed E-state index contributed by atoms with van der Waals surface area (Å²) in [4.78, 5) is 0. The summed E-state index contributed by atoms with van der Waals surface area (Å²) >= 11 is 0. The van der Waals surface area contributed by atoms with E-state index in [4.69, 9.17) is 0 Å². The van der Waals surface area contributed by atoms with Crippen molar-refractivity contribution in [1.29, 1.82) is 0 Å². The molecule has 0 atom stereocenters. The Morgan fingerprint density at radius 3 is 2.39 bits per heavy atom. The van der Waals surface area contributed by atoms with Gasteiger partial charge in [-0.2, -0.15) is 0 Å². The first-order chi connectivity index (χ1) is 8.77. The van der Waals surface area contributed by atoms with Crippen LogP contribution in [0.2, 0.25) is 0 Å². The van der Waals surface area contributed by atoms with Gasteiger partial charge in [-0.3, -0.25) is 0 Å². The van der Waals surface area contributed by atoms with Crippen LogP contribution in [0.3, 0.4) is 0 Å². The monoisotopic (exact) mass is 237 g/mol. The highest BCUT2D eigenvalue weighted by Gasteiger charge is 2.12. The fraction of sp³-hybridized carbons (Fsp3) is 0.125. The van der Waals surface area contributed by atoms with Crippen LogP contribution in [0.25, 0.3) is 10.9 Å². The van der Waals surface area contributed by atoms with Gasteiger partial charge in [-0.25, -0.2) is 0 Å². The van der Waals surface area contributed by atoms with Crippen molar-refractivity contribution in [2.75, 3.05) is 0 Å². The van der Waals surface area contributed by atoms with Crippen LogP contribution in [0.5, 0.6) is 5.88 Å². The molecule has 1 aromatic heterocycles. The van der Waals surface area contributed by atoms with Gasteiger partial charge in [-0.15, -0.1) is 0 Å². The second-order valence-corrected chi connectivity index (χ2v) is 4.54. The number of fused-ring (bicyclic) bond motifs is 1. The third-order valence-electron chi connectivity index (χ3n) is 3.37. The maximum Gasteiger partial charge on any atom is 0.195 e. The number of aromatic nitrogens is 1. The highest BCUT2D eigenvalue weighted by atomic mass is 16.3. The molecule has 0 radical (unpaired) electrons. The highest BCUT2D eigenvalue weighted by molar-refractivity contribution is 5.86. The van der Waals surface area contributed by atoms with Crippen LogP contribution >= 0.6 is 0 Å². The van der Waals surface area contributed by atoms with Gasteiger partial charge in [0.05, 0.1) is 12.1 Å². The maximum atomic E-state index is 10.2. The van der Waals surface area contributed by atoms with Crippen molar-refractivity contribution in [2.45, 2.75) is 13.5 Å². The van der Waals surface area contributed by atoms with Gasteiger partial charge in [0, 0.05) is 10.9 Å². The molecule has 0 bridgehead atoms. The molecule has 2 aromatic carbocycles. The van der Waals surface area contributed by atoms with Crippen LogP contribution in [-0.2, 0) is 6.54 Å². The summed E-state index contributed by atoms with van der Waals surface area (Å²) in [6.45, 7) is 2.65. The molecule has 18 heavy (non-hydrogen) atoms. The van der Waals surface area contributed by atoms with Crippen molar-refractivity contribution in [3.8, 4) is 5.88 Å². The van der Waals surface area contributed by atoms with Crippen LogP contribution in [0.4, 0.5) is 0 Å². The molecule has 3 aromatic rings. The Kier molecular flexibility index (Phi) is 2.56. The molecule has 0 fully saturated rings. The number of hydrogen-bond donors (Lipinski definition) is 1. The summed E-state index contributed by atoms with van der Waals surface area (Å²) in [6.07, 6.45) is 0. The molecule has 2 heteroatoms. The number of nitrogens with zero attached hydrogens (tertiary/aromatic N) is 1. The molecule has 0 saturated heterocycles. The van der Waals surface area contributed by atoms with E-state index in [1.807, 2.05) is 54.0 Å². The number of hydrogen-bond acceptors (Lipinski definition) is 1. The van der Waals surface area contributed by atoms with E-state index >= 15 is 0 Å². The smallest absolute Gasteiger partial charge is 0.195 e. The zero-order chi connectivity index (χ0) is 12.5. The summed E-state index contributed by atoms with van der Waals surface area (Å²) in [5, 5.41) is 11.4. The van der Waals surface area contributed by atoms with Gasteiger partial charge in [-0.05, 0) is 18.6 Å². The predicted octanol–water partition coefficient (Wildman–Crippen LogP) is 3.70. The summed E-state index contributed by atoms with van der Waals surface area (Å²) in [7, 11) is 0. The zero-order valence-electron chi connectivity index (χ0n) is 10.3. The van der Waals surface area contributed by atoms with E-state index < -0.39 is 0 Å². The lowest BCUT2D eigenvalue weighted by atomic mass is 10.2. The average Bonchev–Trinajstić information content (AvgIpc) is 2.66. The van der Waals surface area contributed by atoms with Gasteiger partial charge < -0.3 is 9.67 Å². The molecule has 0 unspecified atom stereocenters. The number of para-hydroxylation sites is 1. The van der Waals surface area contributed by atoms with E-state index in [1.165, 1.54) is 5.56 Å². The van der Waals surface area contributed by atoms with Crippen LogP contribution in [0, 0.1) is 6.92 Å². The Hall–Kier alpha value is -2.22. The summed E-state index contributed by atoms with van der Waals surface area (Å²) < 4.78 is 1.96. The standard InChI is InChI=1S/C16H15NO/c1-12-14-9-5-6-10-15(14)17(16(12)18)11-13-7-3-2-4-8-13/h2-10,18H,11H2,1H3. The fourth-order valence-corrected chi connectivity index (χ4v) is 2.39. The van der Waals surface area contributed by atoms with Crippen LogP contribution in [-0.4, -0.2) is 9.67 Å². The molecule has 90 valence electrons. The summed E-state index contributed by atoms with van der Waals surface area (Å²) in [5.74, 6) is 0.361. The van der Waals surface area contributed by atoms with Crippen molar-refractivity contribution in [3.63, 3.8) is 0 Å². The second-order valence-electron chi connectivity index (χ2n) is 4.54. The van der Waals surface area contributed by atoms with Crippen molar-refractivity contribution in [1.82, 2.24) is 4.57 Å². The van der Waals surface area contributed by atoms with Gasteiger partial charge in [0.25, 0.3) is 0 Å². The second kappa shape index (κ2) is 4.22. The molecule has 0 saturated carbocycles. The predicted molar refractivity (Wildman–Crippen MR) is 73.9 cm³/mol. The minimum atomic E-state index is 0.361. The van der Waals surface area contributed by atoms with Gasteiger partial charge in [-0.1, -0.05) is 48.5 Å². The SMILES string of the molecule is Cc1c(O)n(Cc2ccccc2)c2ccccc12. The number of benzene rings is 2. The van der Waals surface area contributed by atoms with Gasteiger partial charge in [0.1, 0.15) is 0 Å². The lowest BCUT2D eigenvalue weighted by molar-refractivity contribution is 0.425. The largest absolute Gasteiger partial charge is 0.494 e. The number of aryl methyl sites for hydroxylation is 1. The van der Waals surface area contributed by atoms with Crippen molar-refractivity contribution in [3.05, 3.63) is 65.7 Å². The Morgan fingerprint density at radius 1 is 0.944 bits per heavy atom. The van der Waals surface area contributed by atoms with Gasteiger partial charge in [0.2, 0.25) is 0 Å². The molecule has 2 nitrogen and oxygen atoms in total. The summed E-state index contributed by atoms with van der Waals surface area (Å²) in [6, 6.07) is 18.3. The van der Waals surface area contributed by atoms with E-state index in [0.29, 0.717) is 12.4 Å². The molecule has 0 aliphatic rings. The lowest BCUT2D eigenvalue weighted by Gasteiger charge is -2.07. The third-order valence-corrected chi connectivity index (χ3v) is 3.37. The minimum absolute atomic E-state index is 0.361. The Morgan fingerprint density at radius 2 is 1.61 bits per heavy atom.